The van der Waals surface area contributed by atoms with Crippen LogP contribution in [0.4, 0.5) is 0 Å². The molecule has 96 valence electrons. The lowest BCUT2D eigenvalue weighted by molar-refractivity contribution is 0.458. The lowest BCUT2D eigenvalue weighted by Gasteiger charge is -2.05. The van der Waals surface area contributed by atoms with E-state index in [1.807, 2.05) is 36.0 Å². The van der Waals surface area contributed by atoms with Crippen molar-refractivity contribution in [3.05, 3.63) is 36.3 Å². The summed E-state index contributed by atoms with van der Waals surface area (Å²) in [6.45, 7) is 6.61. The van der Waals surface area contributed by atoms with Gasteiger partial charge in [0, 0.05) is 19.2 Å². The molecule has 18 heavy (non-hydrogen) atoms. The Bertz CT molecular complexity index is 495. The Morgan fingerprint density at radius 1 is 1.33 bits per heavy atom. The van der Waals surface area contributed by atoms with Crippen LogP contribution in [-0.4, -0.2) is 21.3 Å². The third-order valence-corrected chi connectivity index (χ3v) is 2.49. The summed E-state index contributed by atoms with van der Waals surface area (Å²) < 4.78 is 7.48. The molecule has 0 aliphatic heterocycles. The van der Waals surface area contributed by atoms with Gasteiger partial charge in [-0.05, 0) is 19.5 Å². The van der Waals surface area contributed by atoms with E-state index in [-0.39, 0.29) is 0 Å². The highest BCUT2D eigenvalue weighted by Crippen LogP contribution is 2.18. The minimum Gasteiger partial charge on any atom is -0.436 e. The predicted octanol–water partition coefficient (Wildman–Crippen LogP) is 2.20. The van der Waals surface area contributed by atoms with E-state index in [1.165, 1.54) is 0 Å². The first-order chi connectivity index (χ1) is 8.81. The molecule has 5 heteroatoms. The maximum atomic E-state index is 5.66. The van der Waals surface area contributed by atoms with Crippen molar-refractivity contribution in [1.82, 2.24) is 20.1 Å². The van der Waals surface area contributed by atoms with Gasteiger partial charge in [-0.15, -0.1) is 0 Å². The zero-order chi connectivity index (χ0) is 12.8. The highest BCUT2D eigenvalue weighted by Gasteiger charge is 2.02. The van der Waals surface area contributed by atoms with E-state index in [2.05, 4.69) is 22.3 Å². The first-order valence-corrected chi connectivity index (χ1v) is 6.18. The van der Waals surface area contributed by atoms with Crippen molar-refractivity contribution in [2.24, 2.45) is 0 Å². The van der Waals surface area contributed by atoms with Crippen molar-refractivity contribution in [1.29, 1.82) is 0 Å². The minimum atomic E-state index is 0.598. The van der Waals surface area contributed by atoms with Crippen LogP contribution in [0.3, 0.4) is 0 Å². The fraction of sp³-hybridized carbons (Fsp3) is 0.385. The topological polar surface area (TPSA) is 52.0 Å². The average Bonchev–Trinajstić information content (AvgIpc) is 2.84. The van der Waals surface area contributed by atoms with E-state index >= 15 is 0 Å². The zero-order valence-electron chi connectivity index (χ0n) is 10.8. The summed E-state index contributed by atoms with van der Waals surface area (Å²) in [5, 5.41) is 7.39. The van der Waals surface area contributed by atoms with Crippen LogP contribution in [0.1, 0.15) is 19.5 Å². The molecule has 0 aliphatic rings. The van der Waals surface area contributed by atoms with Gasteiger partial charge in [0.1, 0.15) is 0 Å². The molecule has 1 N–H and O–H groups in total. The van der Waals surface area contributed by atoms with Gasteiger partial charge in [-0.25, -0.2) is 4.98 Å². The van der Waals surface area contributed by atoms with Gasteiger partial charge in [0.2, 0.25) is 5.88 Å². The Labute approximate surface area is 107 Å². The van der Waals surface area contributed by atoms with E-state index in [4.69, 9.17) is 4.74 Å². The maximum absolute atomic E-state index is 5.66. The second kappa shape index (κ2) is 6.16. The standard InChI is InChI=1S/C13H18N4O/c1-3-14-8-11-6-5-7-13(16-11)18-12-9-15-17(4-2)10-12/h5-7,9-10,14H,3-4,8H2,1-2H3. The highest BCUT2D eigenvalue weighted by atomic mass is 16.5. The lowest BCUT2D eigenvalue weighted by atomic mass is 10.3. The number of aryl methyl sites for hydroxylation is 1. The largest absolute Gasteiger partial charge is 0.436 e. The van der Waals surface area contributed by atoms with Crippen molar-refractivity contribution >= 4 is 0 Å². The minimum absolute atomic E-state index is 0.598. The third kappa shape index (κ3) is 3.30. The summed E-state index contributed by atoms with van der Waals surface area (Å²) in [5.41, 5.74) is 0.970. The summed E-state index contributed by atoms with van der Waals surface area (Å²) >= 11 is 0. The van der Waals surface area contributed by atoms with Crippen LogP contribution in [0, 0.1) is 0 Å². The molecule has 2 rings (SSSR count). The number of nitrogens with zero attached hydrogens (tertiary/aromatic N) is 3. The third-order valence-electron chi connectivity index (χ3n) is 2.49. The molecule has 2 aromatic rings. The van der Waals surface area contributed by atoms with Gasteiger partial charge in [-0.2, -0.15) is 5.10 Å². The maximum Gasteiger partial charge on any atom is 0.219 e. The Morgan fingerprint density at radius 3 is 2.94 bits per heavy atom. The van der Waals surface area contributed by atoms with Crippen LogP contribution in [-0.2, 0) is 13.1 Å². The zero-order valence-corrected chi connectivity index (χ0v) is 10.8. The van der Waals surface area contributed by atoms with Crippen LogP contribution in [0.15, 0.2) is 30.6 Å². The number of aromatic nitrogens is 3. The van der Waals surface area contributed by atoms with Gasteiger partial charge in [0.25, 0.3) is 0 Å². The summed E-state index contributed by atoms with van der Waals surface area (Å²) in [5.74, 6) is 1.31. The van der Waals surface area contributed by atoms with Crippen LogP contribution in [0.2, 0.25) is 0 Å². The molecule has 0 bridgehead atoms. The number of hydrogen-bond acceptors (Lipinski definition) is 4. The molecule has 0 aromatic carbocycles. The molecule has 5 nitrogen and oxygen atoms in total. The molecular formula is C13H18N4O. The van der Waals surface area contributed by atoms with Crippen LogP contribution >= 0.6 is 0 Å². The van der Waals surface area contributed by atoms with E-state index < -0.39 is 0 Å². The number of ether oxygens (including phenoxy) is 1. The van der Waals surface area contributed by atoms with Crippen LogP contribution in [0.25, 0.3) is 0 Å². The molecule has 0 atom stereocenters. The summed E-state index contributed by atoms with van der Waals surface area (Å²) in [4.78, 5) is 4.42. The molecular weight excluding hydrogens is 228 g/mol. The van der Waals surface area contributed by atoms with Gasteiger partial charge >= 0.3 is 0 Å². The Balaban J connectivity index is 2.04. The molecule has 0 unspecified atom stereocenters. The molecule has 0 amide bonds. The lowest BCUT2D eigenvalue weighted by Crippen LogP contribution is -2.12. The van der Waals surface area contributed by atoms with Crippen molar-refractivity contribution in [3.8, 4) is 11.6 Å². The Hall–Kier alpha value is -1.88. The molecule has 2 heterocycles. The molecule has 0 aliphatic carbocycles. The first-order valence-electron chi connectivity index (χ1n) is 6.18. The fourth-order valence-electron chi connectivity index (χ4n) is 1.56. The fourth-order valence-corrected chi connectivity index (χ4v) is 1.56. The predicted molar refractivity (Wildman–Crippen MR) is 69.6 cm³/mol. The second-order valence-electron chi connectivity index (χ2n) is 3.88. The molecule has 0 spiro atoms. The Kier molecular flexibility index (Phi) is 4.30. The van der Waals surface area contributed by atoms with Gasteiger partial charge in [0.05, 0.1) is 18.1 Å². The van der Waals surface area contributed by atoms with Crippen molar-refractivity contribution < 1.29 is 4.74 Å². The highest BCUT2D eigenvalue weighted by molar-refractivity contribution is 5.23. The second-order valence-corrected chi connectivity index (χ2v) is 3.88. The Morgan fingerprint density at radius 2 is 2.22 bits per heavy atom. The average molecular weight is 246 g/mol. The smallest absolute Gasteiger partial charge is 0.219 e. The van der Waals surface area contributed by atoms with Crippen molar-refractivity contribution in [3.63, 3.8) is 0 Å². The number of nitrogens with one attached hydrogen (secondary N) is 1. The van der Waals surface area contributed by atoms with Crippen molar-refractivity contribution in [2.45, 2.75) is 26.9 Å². The summed E-state index contributed by atoms with van der Waals surface area (Å²) in [6.07, 6.45) is 3.56. The molecule has 0 saturated heterocycles. The van der Waals surface area contributed by atoms with Gasteiger partial charge in [-0.3, -0.25) is 4.68 Å². The van der Waals surface area contributed by atoms with E-state index in [0.29, 0.717) is 11.6 Å². The van der Waals surface area contributed by atoms with Crippen LogP contribution < -0.4 is 10.1 Å². The molecule has 0 saturated carbocycles. The number of rotatable bonds is 6. The molecule has 0 fully saturated rings. The molecule has 0 radical (unpaired) electrons. The molecule has 2 aromatic heterocycles. The van der Waals surface area contributed by atoms with Crippen LogP contribution in [0.5, 0.6) is 11.6 Å². The van der Waals surface area contributed by atoms with Gasteiger partial charge in [-0.1, -0.05) is 13.0 Å². The van der Waals surface area contributed by atoms with Gasteiger partial charge in [0.15, 0.2) is 5.75 Å². The van der Waals surface area contributed by atoms with E-state index in [0.717, 1.165) is 25.3 Å². The quantitative estimate of drug-likeness (QED) is 0.849. The first kappa shape index (κ1) is 12.6. The van der Waals surface area contributed by atoms with E-state index in [1.54, 1.807) is 6.20 Å². The van der Waals surface area contributed by atoms with Gasteiger partial charge < -0.3 is 10.1 Å². The number of pyridine rings is 1. The van der Waals surface area contributed by atoms with Crippen molar-refractivity contribution in [2.75, 3.05) is 6.54 Å². The summed E-state index contributed by atoms with van der Waals surface area (Å²) in [7, 11) is 0. The normalized spacial score (nSPS) is 10.6. The van der Waals surface area contributed by atoms with E-state index in [9.17, 15) is 0 Å². The summed E-state index contributed by atoms with van der Waals surface area (Å²) in [6, 6.07) is 5.77. The number of hydrogen-bond donors (Lipinski definition) is 1. The SMILES string of the molecule is CCNCc1cccc(Oc2cnn(CC)c2)n1. The monoisotopic (exact) mass is 246 g/mol.